The van der Waals surface area contributed by atoms with Crippen molar-refractivity contribution in [1.82, 2.24) is 5.16 Å². The van der Waals surface area contributed by atoms with Gasteiger partial charge in [0.25, 0.3) is 0 Å². The van der Waals surface area contributed by atoms with Gasteiger partial charge in [0, 0.05) is 15.1 Å². The molecule has 0 aliphatic carbocycles. The summed E-state index contributed by atoms with van der Waals surface area (Å²) in [7, 11) is 0. The van der Waals surface area contributed by atoms with Crippen LogP contribution in [0.3, 0.4) is 0 Å². The minimum absolute atomic E-state index is 0.226. The predicted molar refractivity (Wildman–Crippen MR) is 87.4 cm³/mol. The van der Waals surface area contributed by atoms with Crippen LogP contribution in [0, 0.1) is 0 Å². The molecule has 0 amide bonds. The Balaban J connectivity index is 2.24. The van der Waals surface area contributed by atoms with E-state index in [-0.39, 0.29) is 5.88 Å². The van der Waals surface area contributed by atoms with E-state index < -0.39 is 0 Å². The summed E-state index contributed by atoms with van der Waals surface area (Å²) in [5.41, 5.74) is 7.98. The van der Waals surface area contributed by atoms with E-state index in [0.717, 1.165) is 14.9 Å². The molecule has 0 fully saturated rings. The van der Waals surface area contributed by atoms with Crippen molar-refractivity contribution in [2.45, 2.75) is 0 Å². The minimum atomic E-state index is 0.226. The van der Waals surface area contributed by atoms with E-state index in [4.69, 9.17) is 33.5 Å². The smallest absolute Gasteiger partial charge is 0.230 e. The number of rotatable bonds is 2. The summed E-state index contributed by atoms with van der Waals surface area (Å²) in [5, 5.41) is 7.07. The normalized spacial score (nSPS) is 10.9. The van der Waals surface area contributed by atoms with Crippen molar-refractivity contribution in [3.8, 4) is 21.7 Å². The standard InChI is InChI=1S/C13H7BrCl2N2OS/c14-8-3-4-20-12(8)11-10(13(17)19-18-11)7-2-1-6(15)5-9(7)16/h1-5H,17H2. The van der Waals surface area contributed by atoms with E-state index in [1.807, 2.05) is 11.4 Å². The van der Waals surface area contributed by atoms with Gasteiger partial charge >= 0.3 is 0 Å². The van der Waals surface area contributed by atoms with Crippen molar-refractivity contribution in [2.75, 3.05) is 5.73 Å². The van der Waals surface area contributed by atoms with Gasteiger partial charge in [-0.05, 0) is 39.5 Å². The monoisotopic (exact) mass is 388 g/mol. The molecule has 3 nitrogen and oxygen atoms in total. The maximum atomic E-state index is 6.25. The third kappa shape index (κ3) is 2.35. The zero-order valence-corrected chi connectivity index (χ0v) is 13.8. The lowest BCUT2D eigenvalue weighted by atomic mass is 10.0. The lowest BCUT2D eigenvalue weighted by Gasteiger charge is -2.05. The molecule has 0 radical (unpaired) electrons. The number of anilines is 1. The van der Waals surface area contributed by atoms with E-state index in [1.54, 1.807) is 18.2 Å². The molecular weight excluding hydrogens is 383 g/mol. The quantitative estimate of drug-likeness (QED) is 0.609. The average Bonchev–Trinajstić information content (AvgIpc) is 2.96. The highest BCUT2D eigenvalue weighted by Crippen LogP contribution is 2.44. The average molecular weight is 390 g/mol. The van der Waals surface area contributed by atoms with Gasteiger partial charge in [-0.15, -0.1) is 11.3 Å². The summed E-state index contributed by atoms with van der Waals surface area (Å²) >= 11 is 17.2. The minimum Gasteiger partial charge on any atom is -0.367 e. The van der Waals surface area contributed by atoms with E-state index >= 15 is 0 Å². The summed E-state index contributed by atoms with van der Waals surface area (Å²) in [6, 6.07) is 7.16. The summed E-state index contributed by atoms with van der Waals surface area (Å²) in [6.07, 6.45) is 0. The fourth-order valence-corrected chi connectivity index (χ4v) is 3.92. The number of benzene rings is 1. The first-order chi connectivity index (χ1) is 9.58. The molecular formula is C13H7BrCl2N2OS. The van der Waals surface area contributed by atoms with Gasteiger partial charge in [-0.3, -0.25) is 0 Å². The first kappa shape index (κ1) is 13.9. The predicted octanol–water partition coefficient (Wildman–Crippen LogP) is 5.72. The molecule has 0 spiro atoms. The van der Waals surface area contributed by atoms with E-state index in [2.05, 4.69) is 21.1 Å². The zero-order valence-electron chi connectivity index (χ0n) is 9.86. The van der Waals surface area contributed by atoms with E-state index in [9.17, 15) is 0 Å². The Bertz CT molecular complexity index is 785. The van der Waals surface area contributed by atoms with Crippen molar-refractivity contribution in [2.24, 2.45) is 0 Å². The number of hydrogen-bond acceptors (Lipinski definition) is 4. The highest BCUT2D eigenvalue weighted by molar-refractivity contribution is 9.10. The molecule has 102 valence electrons. The molecule has 0 aliphatic rings. The first-order valence-corrected chi connectivity index (χ1v) is 7.94. The lowest BCUT2D eigenvalue weighted by molar-refractivity contribution is 0.439. The summed E-state index contributed by atoms with van der Waals surface area (Å²) in [4.78, 5) is 0.937. The molecule has 1 aromatic carbocycles. The highest BCUT2D eigenvalue weighted by Gasteiger charge is 2.22. The molecule has 0 saturated heterocycles. The van der Waals surface area contributed by atoms with Gasteiger partial charge in [0.15, 0.2) is 0 Å². The van der Waals surface area contributed by atoms with Crippen LogP contribution in [-0.4, -0.2) is 5.16 Å². The fourth-order valence-electron chi connectivity index (χ4n) is 1.87. The van der Waals surface area contributed by atoms with Gasteiger partial charge in [-0.25, -0.2) is 0 Å². The molecule has 0 atom stereocenters. The van der Waals surface area contributed by atoms with Crippen molar-refractivity contribution in [1.29, 1.82) is 0 Å². The van der Waals surface area contributed by atoms with Crippen molar-refractivity contribution < 1.29 is 4.52 Å². The van der Waals surface area contributed by atoms with E-state index in [0.29, 0.717) is 21.3 Å². The Kier molecular flexibility index (Phi) is 3.77. The Hall–Kier alpha value is -1.01. The topological polar surface area (TPSA) is 52.0 Å². The van der Waals surface area contributed by atoms with Crippen molar-refractivity contribution in [3.05, 3.63) is 44.2 Å². The van der Waals surface area contributed by atoms with Crippen LogP contribution >= 0.6 is 50.5 Å². The second-order valence-corrected chi connectivity index (χ2v) is 6.61. The number of thiophene rings is 1. The second kappa shape index (κ2) is 5.41. The molecule has 0 saturated carbocycles. The molecule has 0 bridgehead atoms. The van der Waals surface area contributed by atoms with Crippen LogP contribution in [0.2, 0.25) is 10.0 Å². The van der Waals surface area contributed by atoms with E-state index in [1.165, 1.54) is 11.3 Å². The number of hydrogen-bond donors (Lipinski definition) is 1. The van der Waals surface area contributed by atoms with Crippen molar-refractivity contribution in [3.63, 3.8) is 0 Å². The van der Waals surface area contributed by atoms with Gasteiger partial charge < -0.3 is 10.3 Å². The maximum absolute atomic E-state index is 6.25. The van der Waals surface area contributed by atoms with Crippen molar-refractivity contribution >= 4 is 56.4 Å². The SMILES string of the molecule is Nc1onc(-c2sccc2Br)c1-c1ccc(Cl)cc1Cl. The van der Waals surface area contributed by atoms with Gasteiger partial charge in [0.1, 0.15) is 5.69 Å². The second-order valence-electron chi connectivity index (χ2n) is 3.99. The molecule has 2 aromatic heterocycles. The Labute approximate surface area is 137 Å². The number of nitrogens with zero attached hydrogens (tertiary/aromatic N) is 1. The summed E-state index contributed by atoms with van der Waals surface area (Å²) < 4.78 is 6.07. The Morgan fingerprint density at radius 3 is 2.70 bits per heavy atom. The van der Waals surface area contributed by atoms with Crippen LogP contribution in [-0.2, 0) is 0 Å². The van der Waals surface area contributed by atoms with Gasteiger partial charge in [-0.2, -0.15) is 0 Å². The Morgan fingerprint density at radius 2 is 2.05 bits per heavy atom. The molecule has 2 N–H and O–H groups in total. The Morgan fingerprint density at radius 1 is 1.25 bits per heavy atom. The molecule has 0 aliphatic heterocycles. The molecule has 20 heavy (non-hydrogen) atoms. The van der Waals surface area contributed by atoms with Crippen LogP contribution in [0.4, 0.5) is 5.88 Å². The molecule has 3 aromatic rings. The molecule has 3 rings (SSSR count). The molecule has 0 unspecified atom stereocenters. The molecule has 7 heteroatoms. The maximum Gasteiger partial charge on any atom is 0.230 e. The third-order valence-electron chi connectivity index (χ3n) is 2.75. The van der Waals surface area contributed by atoms with Crippen LogP contribution in [0.25, 0.3) is 21.7 Å². The van der Waals surface area contributed by atoms with Crippen LogP contribution in [0.15, 0.2) is 38.6 Å². The van der Waals surface area contributed by atoms with Crippen LogP contribution in [0.1, 0.15) is 0 Å². The number of halogens is 3. The fraction of sp³-hybridized carbons (Fsp3) is 0. The summed E-state index contributed by atoms with van der Waals surface area (Å²) in [6.45, 7) is 0. The summed E-state index contributed by atoms with van der Waals surface area (Å²) in [5.74, 6) is 0.226. The largest absolute Gasteiger partial charge is 0.367 e. The lowest BCUT2D eigenvalue weighted by Crippen LogP contribution is -1.88. The number of aromatic nitrogens is 1. The van der Waals surface area contributed by atoms with Crippen LogP contribution < -0.4 is 5.73 Å². The zero-order chi connectivity index (χ0) is 14.3. The number of nitrogens with two attached hydrogens (primary N) is 1. The highest BCUT2D eigenvalue weighted by atomic mass is 79.9. The number of nitrogen functional groups attached to an aromatic ring is 1. The van der Waals surface area contributed by atoms with Crippen LogP contribution in [0.5, 0.6) is 0 Å². The van der Waals surface area contributed by atoms with Gasteiger partial charge in [-0.1, -0.05) is 34.4 Å². The van der Waals surface area contributed by atoms with Gasteiger partial charge in [0.05, 0.1) is 15.5 Å². The third-order valence-corrected chi connectivity index (χ3v) is 5.14. The molecule has 2 heterocycles. The first-order valence-electron chi connectivity index (χ1n) is 5.52. The van der Waals surface area contributed by atoms with Gasteiger partial charge in [0.2, 0.25) is 5.88 Å².